The normalized spacial score (nSPS) is 13.1. The number of nitrogens with one attached hydrogen (secondary N) is 1. The SMILES string of the molecule is COc1ccnc(CNC(CCO)C(C)(C)C)c1OC. The van der Waals surface area contributed by atoms with Gasteiger partial charge in [-0.25, -0.2) is 0 Å². The minimum absolute atomic E-state index is 0.0643. The van der Waals surface area contributed by atoms with Crippen LogP contribution in [-0.2, 0) is 6.54 Å². The monoisotopic (exact) mass is 282 g/mol. The third-order valence-electron chi connectivity index (χ3n) is 3.35. The molecule has 0 amide bonds. The highest BCUT2D eigenvalue weighted by molar-refractivity contribution is 5.42. The Labute approximate surface area is 121 Å². The van der Waals surface area contributed by atoms with Gasteiger partial charge in [0, 0.05) is 31.5 Å². The smallest absolute Gasteiger partial charge is 0.183 e. The fourth-order valence-electron chi connectivity index (χ4n) is 2.17. The van der Waals surface area contributed by atoms with Gasteiger partial charge in [0.05, 0.1) is 19.9 Å². The van der Waals surface area contributed by atoms with Crippen LogP contribution in [0.5, 0.6) is 11.5 Å². The van der Waals surface area contributed by atoms with Crippen molar-refractivity contribution >= 4 is 0 Å². The summed E-state index contributed by atoms with van der Waals surface area (Å²) >= 11 is 0. The first kappa shape index (κ1) is 16.7. The molecule has 0 fully saturated rings. The number of rotatable bonds is 7. The molecule has 1 rings (SSSR count). The Morgan fingerprint density at radius 2 is 2.00 bits per heavy atom. The molecule has 20 heavy (non-hydrogen) atoms. The molecule has 0 radical (unpaired) electrons. The summed E-state index contributed by atoms with van der Waals surface area (Å²) in [6, 6.07) is 1.97. The van der Waals surface area contributed by atoms with Crippen LogP contribution >= 0.6 is 0 Å². The Balaban J connectivity index is 2.82. The largest absolute Gasteiger partial charge is 0.493 e. The van der Waals surface area contributed by atoms with Crippen LogP contribution in [0.3, 0.4) is 0 Å². The van der Waals surface area contributed by atoms with E-state index < -0.39 is 0 Å². The molecule has 0 bridgehead atoms. The Hall–Kier alpha value is -1.33. The van der Waals surface area contributed by atoms with E-state index in [1.165, 1.54) is 0 Å². The fraction of sp³-hybridized carbons (Fsp3) is 0.667. The van der Waals surface area contributed by atoms with Gasteiger partial charge >= 0.3 is 0 Å². The van der Waals surface area contributed by atoms with E-state index in [4.69, 9.17) is 9.47 Å². The van der Waals surface area contributed by atoms with Crippen molar-refractivity contribution in [2.24, 2.45) is 5.41 Å². The Kier molecular flexibility index (Phi) is 6.23. The number of aromatic nitrogens is 1. The molecule has 0 aliphatic heterocycles. The standard InChI is InChI=1S/C15H26N2O3/c1-15(2,3)13(7-9-18)17-10-11-14(20-5)12(19-4)6-8-16-11/h6,8,13,17-18H,7,9-10H2,1-5H3. The third-order valence-corrected chi connectivity index (χ3v) is 3.35. The van der Waals surface area contributed by atoms with E-state index >= 15 is 0 Å². The molecule has 0 aromatic carbocycles. The van der Waals surface area contributed by atoms with Gasteiger partial charge in [0.2, 0.25) is 0 Å². The summed E-state index contributed by atoms with van der Waals surface area (Å²) in [6.45, 7) is 7.18. The first-order chi connectivity index (χ1) is 9.43. The molecule has 0 saturated heterocycles. The lowest BCUT2D eigenvalue weighted by molar-refractivity contribution is 0.195. The van der Waals surface area contributed by atoms with E-state index in [9.17, 15) is 5.11 Å². The van der Waals surface area contributed by atoms with E-state index in [1.807, 2.05) is 0 Å². The fourth-order valence-corrected chi connectivity index (χ4v) is 2.17. The molecule has 1 heterocycles. The van der Waals surface area contributed by atoms with Crippen LogP contribution in [0, 0.1) is 5.41 Å². The highest BCUT2D eigenvalue weighted by Gasteiger charge is 2.24. The molecule has 0 saturated carbocycles. The van der Waals surface area contributed by atoms with Crippen molar-refractivity contribution < 1.29 is 14.6 Å². The van der Waals surface area contributed by atoms with Gasteiger partial charge in [-0.15, -0.1) is 0 Å². The summed E-state index contributed by atoms with van der Waals surface area (Å²) < 4.78 is 10.6. The number of hydrogen-bond acceptors (Lipinski definition) is 5. The summed E-state index contributed by atoms with van der Waals surface area (Å²) in [6.07, 6.45) is 2.41. The lowest BCUT2D eigenvalue weighted by Crippen LogP contribution is -2.40. The maximum atomic E-state index is 9.18. The molecule has 114 valence electrons. The van der Waals surface area contributed by atoms with Crippen molar-refractivity contribution in [3.63, 3.8) is 0 Å². The number of hydrogen-bond donors (Lipinski definition) is 2. The Morgan fingerprint density at radius 3 is 2.50 bits per heavy atom. The molecule has 1 aromatic heterocycles. The van der Waals surface area contributed by atoms with Crippen LogP contribution in [0.15, 0.2) is 12.3 Å². The average molecular weight is 282 g/mol. The quantitative estimate of drug-likeness (QED) is 0.800. The zero-order chi connectivity index (χ0) is 15.2. The van der Waals surface area contributed by atoms with Gasteiger partial charge in [-0.2, -0.15) is 0 Å². The predicted octanol–water partition coefficient (Wildman–Crippen LogP) is 1.99. The topological polar surface area (TPSA) is 63.6 Å². The minimum atomic E-state index is 0.0643. The molecule has 1 aromatic rings. The zero-order valence-electron chi connectivity index (χ0n) is 13.1. The summed E-state index contributed by atoms with van der Waals surface area (Å²) in [5.74, 6) is 1.33. The number of pyridine rings is 1. The van der Waals surface area contributed by atoms with E-state index in [1.54, 1.807) is 26.5 Å². The first-order valence-electron chi connectivity index (χ1n) is 6.84. The van der Waals surface area contributed by atoms with Crippen molar-refractivity contribution in [2.75, 3.05) is 20.8 Å². The van der Waals surface area contributed by atoms with Crippen LogP contribution in [0.4, 0.5) is 0 Å². The van der Waals surface area contributed by atoms with Crippen molar-refractivity contribution in [1.82, 2.24) is 10.3 Å². The molecule has 0 aliphatic rings. The Morgan fingerprint density at radius 1 is 1.30 bits per heavy atom. The van der Waals surface area contributed by atoms with Crippen LogP contribution in [0.1, 0.15) is 32.9 Å². The van der Waals surface area contributed by atoms with E-state index in [2.05, 4.69) is 31.1 Å². The molecule has 0 aliphatic carbocycles. The third kappa shape index (κ3) is 4.35. The number of ether oxygens (including phenoxy) is 2. The number of nitrogens with zero attached hydrogens (tertiary/aromatic N) is 1. The van der Waals surface area contributed by atoms with Crippen LogP contribution in [0.2, 0.25) is 0 Å². The molecule has 5 heteroatoms. The highest BCUT2D eigenvalue weighted by Crippen LogP contribution is 2.29. The molecule has 2 N–H and O–H groups in total. The number of aliphatic hydroxyl groups is 1. The van der Waals surface area contributed by atoms with Crippen LogP contribution < -0.4 is 14.8 Å². The maximum absolute atomic E-state index is 9.18. The first-order valence-corrected chi connectivity index (χ1v) is 6.84. The van der Waals surface area contributed by atoms with Gasteiger partial charge < -0.3 is 19.9 Å². The maximum Gasteiger partial charge on any atom is 0.183 e. The van der Waals surface area contributed by atoms with Crippen molar-refractivity contribution in [3.8, 4) is 11.5 Å². The van der Waals surface area contributed by atoms with Crippen molar-refractivity contribution in [2.45, 2.75) is 39.8 Å². The van der Waals surface area contributed by atoms with Gasteiger partial charge in [-0.3, -0.25) is 4.98 Å². The van der Waals surface area contributed by atoms with Crippen LogP contribution in [-0.4, -0.2) is 37.0 Å². The van der Waals surface area contributed by atoms with E-state index in [0.717, 1.165) is 5.69 Å². The summed E-state index contributed by atoms with van der Waals surface area (Å²) in [5.41, 5.74) is 0.869. The van der Waals surface area contributed by atoms with Gasteiger partial charge in [0.15, 0.2) is 11.5 Å². The number of methoxy groups -OCH3 is 2. The van der Waals surface area contributed by atoms with Gasteiger partial charge in [-0.1, -0.05) is 20.8 Å². The second kappa shape index (κ2) is 7.45. The van der Waals surface area contributed by atoms with E-state index in [-0.39, 0.29) is 18.1 Å². The molecule has 1 atom stereocenters. The minimum Gasteiger partial charge on any atom is -0.493 e. The van der Waals surface area contributed by atoms with Gasteiger partial charge in [0.25, 0.3) is 0 Å². The summed E-state index contributed by atoms with van der Waals surface area (Å²) in [4.78, 5) is 4.34. The van der Waals surface area contributed by atoms with Crippen molar-refractivity contribution in [3.05, 3.63) is 18.0 Å². The zero-order valence-corrected chi connectivity index (χ0v) is 13.1. The average Bonchev–Trinajstić information content (AvgIpc) is 2.41. The highest BCUT2D eigenvalue weighted by atomic mass is 16.5. The van der Waals surface area contributed by atoms with Crippen molar-refractivity contribution in [1.29, 1.82) is 0 Å². The Bertz CT molecular complexity index is 416. The molecule has 1 unspecified atom stereocenters. The van der Waals surface area contributed by atoms with Crippen LogP contribution in [0.25, 0.3) is 0 Å². The molecular formula is C15H26N2O3. The second-order valence-corrected chi connectivity index (χ2v) is 5.80. The van der Waals surface area contributed by atoms with Gasteiger partial charge in [-0.05, 0) is 11.8 Å². The summed E-state index contributed by atoms with van der Waals surface area (Å²) in [5, 5.41) is 12.6. The summed E-state index contributed by atoms with van der Waals surface area (Å²) in [7, 11) is 3.22. The lowest BCUT2D eigenvalue weighted by Gasteiger charge is -2.31. The number of aliphatic hydroxyl groups excluding tert-OH is 1. The molecule has 5 nitrogen and oxygen atoms in total. The molecular weight excluding hydrogens is 256 g/mol. The van der Waals surface area contributed by atoms with E-state index in [0.29, 0.717) is 24.5 Å². The van der Waals surface area contributed by atoms with Gasteiger partial charge in [0.1, 0.15) is 0 Å². The lowest BCUT2D eigenvalue weighted by atomic mass is 9.85. The molecule has 0 spiro atoms. The second-order valence-electron chi connectivity index (χ2n) is 5.80. The predicted molar refractivity (Wildman–Crippen MR) is 79.1 cm³/mol.